The highest BCUT2D eigenvalue weighted by atomic mass is 35.5. The molecular weight excluding hydrogens is 513 g/mol. The first-order valence-electron chi connectivity index (χ1n) is 12.6. The number of benzene rings is 2. The van der Waals surface area contributed by atoms with Crippen molar-refractivity contribution in [3.05, 3.63) is 63.6 Å². The van der Waals surface area contributed by atoms with Gasteiger partial charge in [0.25, 0.3) is 5.91 Å². The molecule has 0 bridgehead atoms. The van der Waals surface area contributed by atoms with Gasteiger partial charge in [0.05, 0.1) is 22.5 Å². The predicted molar refractivity (Wildman–Crippen MR) is 147 cm³/mol. The fraction of sp³-hybridized carbons (Fsp3) is 0.464. The smallest absolute Gasteiger partial charge is 0.319 e. The SMILES string of the molecule is CC(C)(C)C1CCC(C(NC(=O)Nc2ccc(Cl)c(Cl)c2)c2ccc(C(=O)NCCC(=O)O)cc2)CC1. The van der Waals surface area contributed by atoms with E-state index in [0.717, 1.165) is 31.2 Å². The molecule has 1 aliphatic carbocycles. The molecule has 3 amide bonds. The third-order valence-corrected chi connectivity index (χ3v) is 7.83. The highest BCUT2D eigenvalue weighted by molar-refractivity contribution is 6.42. The van der Waals surface area contributed by atoms with E-state index in [4.69, 9.17) is 28.3 Å². The minimum atomic E-state index is -0.968. The lowest BCUT2D eigenvalue weighted by molar-refractivity contribution is -0.136. The van der Waals surface area contributed by atoms with Gasteiger partial charge in [0.2, 0.25) is 0 Å². The van der Waals surface area contributed by atoms with Crippen molar-refractivity contribution >= 4 is 46.8 Å². The maximum absolute atomic E-state index is 13.0. The Labute approximate surface area is 228 Å². The summed E-state index contributed by atoms with van der Waals surface area (Å²) in [6.07, 6.45) is 4.00. The second kappa shape index (κ2) is 12.7. The van der Waals surface area contributed by atoms with Crippen LogP contribution in [0.2, 0.25) is 10.0 Å². The summed E-state index contributed by atoms with van der Waals surface area (Å²) in [5.41, 5.74) is 2.13. The van der Waals surface area contributed by atoms with Gasteiger partial charge in [0.1, 0.15) is 0 Å². The second-order valence-electron chi connectivity index (χ2n) is 10.7. The molecule has 2 aromatic carbocycles. The number of nitrogens with one attached hydrogen (secondary N) is 3. The molecular formula is C28H35Cl2N3O4. The molecule has 1 aliphatic rings. The Hall–Kier alpha value is -2.77. The molecule has 0 aromatic heterocycles. The van der Waals surface area contributed by atoms with Crippen LogP contribution in [0.25, 0.3) is 0 Å². The number of urea groups is 1. The molecule has 7 nitrogen and oxygen atoms in total. The number of carbonyl (C=O) groups is 3. The molecule has 4 N–H and O–H groups in total. The minimum absolute atomic E-state index is 0.0615. The third kappa shape index (κ3) is 8.37. The monoisotopic (exact) mass is 547 g/mol. The number of amides is 3. The Morgan fingerprint density at radius 1 is 0.973 bits per heavy atom. The van der Waals surface area contributed by atoms with E-state index in [2.05, 4.69) is 36.7 Å². The molecule has 0 saturated heterocycles. The van der Waals surface area contributed by atoms with Crippen LogP contribution in [0, 0.1) is 17.3 Å². The quantitative estimate of drug-likeness (QED) is 0.287. The van der Waals surface area contributed by atoms with Crippen molar-refractivity contribution in [3.8, 4) is 0 Å². The standard InChI is InChI=1S/C28H35Cl2N3O4/c1-28(2,3)20-10-8-18(9-11-20)25(33-27(37)32-21-12-13-22(29)23(30)16-21)17-4-6-19(7-5-17)26(36)31-15-14-24(34)35/h4-7,12-13,16,18,20,25H,8-11,14-15H2,1-3H3,(H,31,36)(H,34,35)(H2,32,33,37). The Morgan fingerprint density at radius 3 is 2.19 bits per heavy atom. The normalized spacial score (nSPS) is 18.5. The molecule has 2 aromatic rings. The van der Waals surface area contributed by atoms with Gasteiger partial charge in [-0.3, -0.25) is 9.59 Å². The molecule has 37 heavy (non-hydrogen) atoms. The van der Waals surface area contributed by atoms with Gasteiger partial charge >= 0.3 is 12.0 Å². The predicted octanol–water partition coefficient (Wildman–Crippen LogP) is 6.91. The van der Waals surface area contributed by atoms with Crippen LogP contribution in [0.4, 0.5) is 10.5 Å². The van der Waals surface area contributed by atoms with Crippen molar-refractivity contribution in [2.24, 2.45) is 17.3 Å². The second-order valence-corrected chi connectivity index (χ2v) is 11.5. The summed E-state index contributed by atoms with van der Waals surface area (Å²) in [5.74, 6) is -0.426. The molecule has 1 saturated carbocycles. The highest BCUT2D eigenvalue weighted by Gasteiger charge is 2.34. The maximum atomic E-state index is 13.0. The topological polar surface area (TPSA) is 108 Å². The fourth-order valence-corrected chi connectivity index (χ4v) is 5.20. The van der Waals surface area contributed by atoms with Gasteiger partial charge < -0.3 is 21.1 Å². The number of aliphatic carboxylic acids is 1. The van der Waals surface area contributed by atoms with E-state index in [1.807, 2.05) is 12.1 Å². The number of carboxylic acid groups (broad SMARTS) is 1. The number of anilines is 1. The van der Waals surface area contributed by atoms with Crippen LogP contribution >= 0.6 is 23.2 Å². The molecule has 0 aliphatic heterocycles. The zero-order chi connectivity index (χ0) is 27.2. The zero-order valence-corrected chi connectivity index (χ0v) is 23.0. The van der Waals surface area contributed by atoms with Crippen molar-refractivity contribution in [1.82, 2.24) is 10.6 Å². The molecule has 0 radical (unpaired) electrons. The lowest BCUT2D eigenvalue weighted by atomic mass is 9.68. The molecule has 1 unspecified atom stereocenters. The van der Waals surface area contributed by atoms with Crippen LogP contribution in [-0.2, 0) is 4.79 Å². The number of carboxylic acids is 1. The van der Waals surface area contributed by atoms with E-state index in [1.165, 1.54) is 0 Å². The molecule has 1 atom stereocenters. The molecule has 3 rings (SSSR count). The van der Waals surface area contributed by atoms with Gasteiger partial charge in [-0.2, -0.15) is 0 Å². The van der Waals surface area contributed by atoms with Crippen molar-refractivity contribution in [2.45, 2.75) is 58.9 Å². The Bertz CT molecular complexity index is 1110. The van der Waals surface area contributed by atoms with Crippen LogP contribution in [0.5, 0.6) is 0 Å². The minimum Gasteiger partial charge on any atom is -0.481 e. The fourth-order valence-electron chi connectivity index (χ4n) is 4.90. The summed E-state index contributed by atoms with van der Waals surface area (Å²) >= 11 is 12.1. The van der Waals surface area contributed by atoms with Crippen molar-refractivity contribution in [1.29, 1.82) is 0 Å². The van der Waals surface area contributed by atoms with Crippen LogP contribution in [0.15, 0.2) is 42.5 Å². The molecule has 0 spiro atoms. The number of rotatable bonds is 8. The Balaban J connectivity index is 1.75. The summed E-state index contributed by atoms with van der Waals surface area (Å²) in [7, 11) is 0. The molecule has 0 heterocycles. The number of hydrogen-bond donors (Lipinski definition) is 4. The third-order valence-electron chi connectivity index (χ3n) is 7.09. The summed E-state index contributed by atoms with van der Waals surface area (Å²) in [4.78, 5) is 36.1. The lowest BCUT2D eigenvalue weighted by Crippen LogP contribution is -2.38. The van der Waals surface area contributed by atoms with Crippen LogP contribution < -0.4 is 16.0 Å². The van der Waals surface area contributed by atoms with Gasteiger partial charge in [0, 0.05) is 17.8 Å². The maximum Gasteiger partial charge on any atom is 0.319 e. The van der Waals surface area contributed by atoms with E-state index in [1.54, 1.807) is 30.3 Å². The number of halogens is 2. The van der Waals surface area contributed by atoms with E-state index in [-0.39, 0.29) is 42.3 Å². The largest absolute Gasteiger partial charge is 0.481 e. The van der Waals surface area contributed by atoms with Crippen LogP contribution in [-0.4, -0.2) is 29.6 Å². The van der Waals surface area contributed by atoms with Gasteiger partial charge in [-0.25, -0.2) is 4.79 Å². The average Bonchev–Trinajstić information content (AvgIpc) is 2.84. The first kappa shape index (κ1) is 28.8. The van der Waals surface area contributed by atoms with Gasteiger partial charge in [-0.05, 0) is 78.8 Å². The van der Waals surface area contributed by atoms with Crippen molar-refractivity contribution < 1.29 is 19.5 Å². The molecule has 1 fully saturated rings. The summed E-state index contributed by atoms with van der Waals surface area (Å²) in [6, 6.07) is 11.4. The number of hydrogen-bond acceptors (Lipinski definition) is 3. The molecule has 9 heteroatoms. The zero-order valence-electron chi connectivity index (χ0n) is 21.4. The van der Waals surface area contributed by atoms with E-state index >= 15 is 0 Å². The first-order chi connectivity index (χ1) is 17.4. The van der Waals surface area contributed by atoms with Crippen molar-refractivity contribution in [2.75, 3.05) is 11.9 Å². The van der Waals surface area contributed by atoms with E-state index in [0.29, 0.717) is 27.2 Å². The average molecular weight is 549 g/mol. The molecule has 200 valence electrons. The van der Waals surface area contributed by atoms with Gasteiger partial charge in [0.15, 0.2) is 0 Å². The Morgan fingerprint density at radius 2 is 1.62 bits per heavy atom. The summed E-state index contributed by atoms with van der Waals surface area (Å²) < 4.78 is 0. The number of carbonyl (C=O) groups excluding carboxylic acids is 2. The first-order valence-corrected chi connectivity index (χ1v) is 13.3. The van der Waals surface area contributed by atoms with E-state index < -0.39 is 5.97 Å². The van der Waals surface area contributed by atoms with Crippen LogP contribution in [0.1, 0.15) is 74.8 Å². The highest BCUT2D eigenvalue weighted by Crippen LogP contribution is 2.43. The summed E-state index contributed by atoms with van der Waals surface area (Å²) in [5, 5.41) is 18.1. The van der Waals surface area contributed by atoms with Crippen LogP contribution in [0.3, 0.4) is 0 Å². The lowest BCUT2D eigenvalue weighted by Gasteiger charge is -2.39. The van der Waals surface area contributed by atoms with Gasteiger partial charge in [-0.1, -0.05) is 56.1 Å². The van der Waals surface area contributed by atoms with Crippen molar-refractivity contribution in [3.63, 3.8) is 0 Å². The van der Waals surface area contributed by atoms with Gasteiger partial charge in [-0.15, -0.1) is 0 Å². The Kier molecular flexibility index (Phi) is 9.85. The van der Waals surface area contributed by atoms with E-state index in [9.17, 15) is 14.4 Å². The summed E-state index contributed by atoms with van der Waals surface area (Å²) in [6.45, 7) is 6.89.